The van der Waals surface area contributed by atoms with Gasteiger partial charge in [-0.05, 0) is 35.0 Å². The van der Waals surface area contributed by atoms with E-state index in [4.69, 9.17) is 11.6 Å². The van der Waals surface area contributed by atoms with E-state index < -0.39 is 11.7 Å². The van der Waals surface area contributed by atoms with Gasteiger partial charge in [-0.3, -0.25) is 9.59 Å². The highest BCUT2D eigenvalue weighted by molar-refractivity contribution is 9.10. The van der Waals surface area contributed by atoms with Gasteiger partial charge in [-0.1, -0.05) is 11.6 Å². The van der Waals surface area contributed by atoms with Crippen molar-refractivity contribution >= 4 is 44.9 Å². The molecule has 0 N–H and O–H groups in total. The van der Waals surface area contributed by atoms with Gasteiger partial charge in [0.15, 0.2) is 0 Å². The topological polar surface area (TPSA) is 37.4 Å². The molecule has 1 amide bonds. The Bertz CT molecular complexity index is 473. The summed E-state index contributed by atoms with van der Waals surface area (Å²) in [6.07, 6.45) is 0. The molecule has 0 unspecified atom stereocenters. The number of nitrogens with zero attached hydrogens (tertiary/aromatic N) is 1. The zero-order valence-corrected chi connectivity index (χ0v) is 10.2. The fourth-order valence-corrected chi connectivity index (χ4v) is 2.68. The van der Waals surface area contributed by atoms with E-state index in [1.165, 1.54) is 11.0 Å². The lowest BCUT2D eigenvalue weighted by Crippen LogP contribution is -2.29. The van der Waals surface area contributed by atoms with E-state index >= 15 is 0 Å². The van der Waals surface area contributed by atoms with Crippen LogP contribution >= 0.6 is 27.5 Å². The summed E-state index contributed by atoms with van der Waals surface area (Å²) in [6.45, 7) is 2.29. The van der Waals surface area contributed by atoms with E-state index in [1.54, 1.807) is 6.07 Å². The van der Waals surface area contributed by atoms with E-state index in [1.807, 2.05) is 6.92 Å². The highest BCUT2D eigenvalue weighted by Crippen LogP contribution is 2.38. The third kappa shape index (κ3) is 1.48. The first-order valence-electron chi connectivity index (χ1n) is 4.41. The largest absolute Gasteiger partial charge is 0.304 e. The van der Waals surface area contributed by atoms with Crippen molar-refractivity contribution in [2.75, 3.05) is 11.4 Å². The number of halogens is 2. The van der Waals surface area contributed by atoms with E-state index in [-0.39, 0.29) is 0 Å². The number of carbonyl (C=O) groups is 2. The van der Waals surface area contributed by atoms with Crippen LogP contribution in [0.4, 0.5) is 5.69 Å². The summed E-state index contributed by atoms with van der Waals surface area (Å²) in [5.74, 6) is -0.981. The Morgan fingerprint density at radius 1 is 1.40 bits per heavy atom. The Hall–Kier alpha value is -0.870. The van der Waals surface area contributed by atoms with Gasteiger partial charge in [0, 0.05) is 16.0 Å². The molecule has 1 aromatic rings. The molecule has 0 saturated carbocycles. The number of ketones is 1. The van der Waals surface area contributed by atoms with Crippen molar-refractivity contribution in [3.8, 4) is 0 Å². The van der Waals surface area contributed by atoms with Crippen LogP contribution in [0.2, 0.25) is 5.02 Å². The zero-order chi connectivity index (χ0) is 11.2. The van der Waals surface area contributed by atoms with Crippen LogP contribution < -0.4 is 4.90 Å². The normalized spacial score (nSPS) is 14.7. The molecule has 3 nitrogen and oxygen atoms in total. The first kappa shape index (κ1) is 10.6. The number of rotatable bonds is 1. The lowest BCUT2D eigenvalue weighted by molar-refractivity contribution is -0.114. The van der Waals surface area contributed by atoms with Gasteiger partial charge < -0.3 is 4.90 Å². The van der Waals surface area contributed by atoms with Gasteiger partial charge in [0.1, 0.15) is 0 Å². The summed E-state index contributed by atoms with van der Waals surface area (Å²) in [7, 11) is 0. The maximum Gasteiger partial charge on any atom is 0.299 e. The second-order valence-electron chi connectivity index (χ2n) is 3.16. The van der Waals surface area contributed by atoms with Crippen LogP contribution in [0.15, 0.2) is 16.6 Å². The summed E-state index contributed by atoms with van der Waals surface area (Å²) < 4.78 is 0.672. The number of hydrogen-bond acceptors (Lipinski definition) is 2. The Morgan fingerprint density at radius 2 is 2.07 bits per heavy atom. The molecule has 0 aliphatic carbocycles. The summed E-state index contributed by atoms with van der Waals surface area (Å²) in [5.41, 5.74) is 0.998. The highest BCUT2D eigenvalue weighted by atomic mass is 79.9. The Balaban J connectivity index is 2.70. The quantitative estimate of drug-likeness (QED) is 0.745. The van der Waals surface area contributed by atoms with Crippen LogP contribution in [-0.4, -0.2) is 18.2 Å². The van der Waals surface area contributed by atoms with Crippen LogP contribution in [-0.2, 0) is 4.79 Å². The summed E-state index contributed by atoms with van der Waals surface area (Å²) in [4.78, 5) is 24.6. The molecule has 0 saturated heterocycles. The molecule has 78 valence electrons. The van der Waals surface area contributed by atoms with Gasteiger partial charge in [-0.2, -0.15) is 0 Å². The number of Topliss-reactive ketones (excluding diaryl/α,β-unsaturated/α-hetero) is 1. The van der Waals surface area contributed by atoms with Crippen molar-refractivity contribution in [3.63, 3.8) is 0 Å². The molecule has 15 heavy (non-hydrogen) atoms. The fourth-order valence-electron chi connectivity index (χ4n) is 1.65. The summed E-state index contributed by atoms with van der Waals surface area (Å²) in [5, 5.41) is 0.444. The minimum absolute atomic E-state index is 0.376. The van der Waals surface area contributed by atoms with E-state index in [0.29, 0.717) is 27.3 Å². The lowest BCUT2D eigenvalue weighted by Gasteiger charge is -2.14. The molecule has 5 heteroatoms. The van der Waals surface area contributed by atoms with Gasteiger partial charge >= 0.3 is 0 Å². The zero-order valence-electron chi connectivity index (χ0n) is 7.88. The smallest absolute Gasteiger partial charge is 0.299 e. The predicted octanol–water partition coefficient (Wildman–Crippen LogP) is 2.65. The average molecular weight is 289 g/mol. The van der Waals surface area contributed by atoms with Crippen molar-refractivity contribution in [2.45, 2.75) is 6.92 Å². The van der Waals surface area contributed by atoms with Gasteiger partial charge in [0.05, 0.1) is 11.3 Å². The van der Waals surface area contributed by atoms with E-state index in [0.717, 1.165) is 0 Å². The van der Waals surface area contributed by atoms with Crippen LogP contribution in [0.5, 0.6) is 0 Å². The van der Waals surface area contributed by atoms with Gasteiger partial charge in [-0.15, -0.1) is 0 Å². The molecule has 0 aromatic heterocycles. The monoisotopic (exact) mass is 287 g/mol. The van der Waals surface area contributed by atoms with Crippen molar-refractivity contribution in [1.29, 1.82) is 0 Å². The van der Waals surface area contributed by atoms with Gasteiger partial charge in [0.2, 0.25) is 0 Å². The van der Waals surface area contributed by atoms with Crippen molar-refractivity contribution in [2.24, 2.45) is 0 Å². The average Bonchev–Trinajstić information content (AvgIpc) is 2.42. The number of fused-ring (bicyclic) bond motifs is 1. The summed E-state index contributed by atoms with van der Waals surface area (Å²) >= 11 is 9.12. The second kappa shape index (κ2) is 3.61. The van der Waals surface area contributed by atoms with E-state index in [2.05, 4.69) is 15.9 Å². The number of hydrogen-bond donors (Lipinski definition) is 0. The Labute approximate surface area is 100 Å². The molecule has 1 aromatic carbocycles. The fraction of sp³-hybridized carbons (Fsp3) is 0.200. The molecule has 0 bridgehead atoms. The maximum atomic E-state index is 11.6. The first-order chi connectivity index (χ1) is 7.06. The summed E-state index contributed by atoms with van der Waals surface area (Å²) in [6, 6.07) is 3.20. The number of anilines is 1. The molecule has 0 radical (unpaired) electrons. The molecule has 0 fully saturated rings. The number of likely N-dealkylation sites (N-methyl/N-ethyl adjacent to an activating group) is 1. The molecule has 1 aliphatic rings. The second-order valence-corrected chi connectivity index (χ2v) is 4.45. The lowest BCUT2D eigenvalue weighted by atomic mass is 10.1. The number of amides is 1. The Kier molecular flexibility index (Phi) is 2.56. The standard InChI is InChI=1S/C10H7BrClNO2/c1-2-13-8-6(9(14)10(13)15)3-5(12)4-7(8)11/h3-4H,2H2,1H3. The van der Waals surface area contributed by atoms with Crippen LogP contribution in [0.25, 0.3) is 0 Å². The van der Waals surface area contributed by atoms with Crippen molar-refractivity contribution in [1.82, 2.24) is 0 Å². The molecule has 2 rings (SSSR count). The third-order valence-corrected chi connectivity index (χ3v) is 3.12. The number of carbonyl (C=O) groups excluding carboxylic acids is 2. The molecule has 1 aliphatic heterocycles. The first-order valence-corrected chi connectivity index (χ1v) is 5.58. The molecule has 1 heterocycles. The van der Waals surface area contributed by atoms with Gasteiger partial charge in [-0.25, -0.2) is 0 Å². The van der Waals surface area contributed by atoms with E-state index in [9.17, 15) is 9.59 Å². The maximum absolute atomic E-state index is 11.6. The molecule has 0 atom stereocenters. The van der Waals surface area contributed by atoms with Crippen LogP contribution in [0, 0.1) is 0 Å². The number of benzene rings is 1. The molecule has 0 spiro atoms. The third-order valence-electron chi connectivity index (χ3n) is 2.30. The van der Waals surface area contributed by atoms with Crippen molar-refractivity contribution < 1.29 is 9.59 Å². The minimum atomic E-state index is -0.491. The van der Waals surface area contributed by atoms with Crippen molar-refractivity contribution in [3.05, 3.63) is 27.2 Å². The Morgan fingerprint density at radius 3 is 2.67 bits per heavy atom. The molecular weight excluding hydrogens is 281 g/mol. The van der Waals surface area contributed by atoms with Gasteiger partial charge in [0.25, 0.3) is 11.7 Å². The molecular formula is C10H7BrClNO2. The predicted molar refractivity (Wildman–Crippen MR) is 61.5 cm³/mol. The van der Waals surface area contributed by atoms with Crippen LogP contribution in [0.1, 0.15) is 17.3 Å². The SMILES string of the molecule is CCN1C(=O)C(=O)c2cc(Cl)cc(Br)c21. The minimum Gasteiger partial charge on any atom is -0.304 e. The highest BCUT2D eigenvalue weighted by Gasteiger charge is 2.36. The van der Waals surface area contributed by atoms with Crippen LogP contribution in [0.3, 0.4) is 0 Å².